The topological polar surface area (TPSA) is 15.3 Å². The third kappa shape index (κ3) is 3.25. The van der Waals surface area contributed by atoms with Crippen LogP contribution in [0.2, 0.25) is 0 Å². The fourth-order valence-electron chi connectivity index (χ4n) is 2.56. The minimum Gasteiger partial charge on any atom is -0.316 e. The van der Waals surface area contributed by atoms with E-state index in [0.29, 0.717) is 6.04 Å². The fourth-order valence-corrected chi connectivity index (χ4v) is 2.56. The van der Waals surface area contributed by atoms with Gasteiger partial charge in [0.2, 0.25) is 0 Å². The van der Waals surface area contributed by atoms with Crippen molar-refractivity contribution in [2.75, 3.05) is 20.1 Å². The first-order valence-corrected chi connectivity index (χ1v) is 6.23. The lowest BCUT2D eigenvalue weighted by Crippen LogP contribution is -2.41. The number of nitrogens with one attached hydrogen (secondary N) is 1. The second-order valence-electron chi connectivity index (χ2n) is 4.47. The van der Waals surface area contributed by atoms with E-state index in [1.54, 1.807) is 0 Å². The average molecular weight is 198 g/mol. The van der Waals surface area contributed by atoms with Gasteiger partial charge in [0, 0.05) is 18.6 Å². The molecule has 0 aromatic carbocycles. The normalized spacial score (nSPS) is 25.5. The average Bonchev–Trinajstić information content (AvgIpc) is 2.64. The third-order valence-electron chi connectivity index (χ3n) is 3.47. The van der Waals surface area contributed by atoms with Crippen LogP contribution in [-0.2, 0) is 0 Å². The Labute approximate surface area is 89.1 Å². The zero-order chi connectivity index (χ0) is 10.4. The molecule has 0 aliphatic carbocycles. The van der Waals surface area contributed by atoms with E-state index in [2.05, 4.69) is 31.1 Å². The summed E-state index contributed by atoms with van der Waals surface area (Å²) in [4.78, 5) is 2.68. The van der Waals surface area contributed by atoms with Gasteiger partial charge in [-0.3, -0.25) is 4.90 Å². The summed E-state index contributed by atoms with van der Waals surface area (Å²) in [6.07, 6.45) is 6.74. The Hall–Kier alpha value is -0.0800. The maximum Gasteiger partial charge on any atom is 0.0192 e. The first-order chi connectivity index (χ1) is 6.81. The van der Waals surface area contributed by atoms with Crippen LogP contribution in [-0.4, -0.2) is 37.1 Å². The van der Waals surface area contributed by atoms with Crippen molar-refractivity contribution in [2.24, 2.45) is 0 Å². The van der Waals surface area contributed by atoms with Crippen molar-refractivity contribution in [3.63, 3.8) is 0 Å². The van der Waals surface area contributed by atoms with Gasteiger partial charge >= 0.3 is 0 Å². The molecule has 1 aliphatic heterocycles. The Morgan fingerprint density at radius 2 is 2.21 bits per heavy atom. The van der Waals surface area contributed by atoms with Crippen molar-refractivity contribution >= 4 is 0 Å². The van der Waals surface area contributed by atoms with Gasteiger partial charge in [-0.25, -0.2) is 0 Å². The van der Waals surface area contributed by atoms with Gasteiger partial charge in [-0.15, -0.1) is 0 Å². The lowest BCUT2D eigenvalue weighted by molar-refractivity contribution is 0.219. The molecule has 1 aliphatic rings. The highest BCUT2D eigenvalue weighted by Crippen LogP contribution is 2.20. The lowest BCUT2D eigenvalue weighted by Gasteiger charge is -2.28. The van der Waals surface area contributed by atoms with Gasteiger partial charge in [-0.1, -0.05) is 20.3 Å². The highest BCUT2D eigenvalue weighted by atomic mass is 15.2. The Kier molecular flexibility index (Phi) is 5.49. The van der Waals surface area contributed by atoms with Gasteiger partial charge in [0.25, 0.3) is 0 Å². The summed E-state index contributed by atoms with van der Waals surface area (Å²) in [6.45, 7) is 7.16. The molecule has 2 heteroatoms. The quantitative estimate of drug-likeness (QED) is 0.704. The van der Waals surface area contributed by atoms with Gasteiger partial charge in [0.15, 0.2) is 0 Å². The van der Waals surface area contributed by atoms with Crippen molar-refractivity contribution < 1.29 is 0 Å². The SMILES string of the molecule is CCCC(CN1CCCC1CC)NC. The van der Waals surface area contributed by atoms with E-state index in [1.807, 2.05) is 0 Å². The van der Waals surface area contributed by atoms with E-state index in [4.69, 9.17) is 0 Å². The van der Waals surface area contributed by atoms with E-state index in [9.17, 15) is 0 Å². The highest BCUT2D eigenvalue weighted by Gasteiger charge is 2.24. The van der Waals surface area contributed by atoms with E-state index >= 15 is 0 Å². The third-order valence-corrected chi connectivity index (χ3v) is 3.47. The molecule has 0 bridgehead atoms. The monoisotopic (exact) mass is 198 g/mol. The molecule has 1 rings (SSSR count). The second kappa shape index (κ2) is 6.41. The predicted molar refractivity (Wildman–Crippen MR) is 62.6 cm³/mol. The molecule has 1 saturated heterocycles. The second-order valence-corrected chi connectivity index (χ2v) is 4.47. The molecule has 84 valence electrons. The van der Waals surface area contributed by atoms with Crippen LogP contribution in [0.1, 0.15) is 46.0 Å². The molecule has 0 amide bonds. The lowest BCUT2D eigenvalue weighted by atomic mass is 10.1. The van der Waals surface area contributed by atoms with Gasteiger partial charge in [0.1, 0.15) is 0 Å². The molecule has 1 fully saturated rings. The number of likely N-dealkylation sites (N-methyl/N-ethyl adjacent to an activating group) is 1. The number of likely N-dealkylation sites (tertiary alicyclic amines) is 1. The molecule has 2 unspecified atom stereocenters. The summed E-state index contributed by atoms with van der Waals surface area (Å²) in [5.41, 5.74) is 0. The van der Waals surface area contributed by atoms with E-state index < -0.39 is 0 Å². The number of hydrogen-bond donors (Lipinski definition) is 1. The molecule has 0 aromatic heterocycles. The zero-order valence-electron chi connectivity index (χ0n) is 10.1. The predicted octanol–water partition coefficient (Wildman–Crippen LogP) is 2.25. The largest absolute Gasteiger partial charge is 0.316 e. The van der Waals surface area contributed by atoms with Gasteiger partial charge in [0.05, 0.1) is 0 Å². The molecule has 14 heavy (non-hydrogen) atoms. The van der Waals surface area contributed by atoms with Crippen LogP contribution in [0.4, 0.5) is 0 Å². The van der Waals surface area contributed by atoms with Crippen LogP contribution in [0.5, 0.6) is 0 Å². The number of rotatable bonds is 6. The maximum atomic E-state index is 3.43. The molecule has 0 saturated carbocycles. The van der Waals surface area contributed by atoms with Crippen LogP contribution in [0.15, 0.2) is 0 Å². The summed E-state index contributed by atoms with van der Waals surface area (Å²) in [5, 5.41) is 3.43. The molecule has 1 heterocycles. The molecule has 0 spiro atoms. The van der Waals surface area contributed by atoms with Crippen LogP contribution < -0.4 is 5.32 Å². The summed E-state index contributed by atoms with van der Waals surface area (Å²) in [7, 11) is 2.09. The maximum absolute atomic E-state index is 3.43. The first kappa shape index (κ1) is 12.0. The Bertz CT molecular complexity index is 147. The van der Waals surface area contributed by atoms with Crippen molar-refractivity contribution in [3.8, 4) is 0 Å². The summed E-state index contributed by atoms with van der Waals surface area (Å²) >= 11 is 0. The van der Waals surface area contributed by atoms with E-state index in [1.165, 1.54) is 45.2 Å². The summed E-state index contributed by atoms with van der Waals surface area (Å²) < 4.78 is 0. The van der Waals surface area contributed by atoms with E-state index in [-0.39, 0.29) is 0 Å². The van der Waals surface area contributed by atoms with Crippen molar-refractivity contribution in [2.45, 2.75) is 58.0 Å². The zero-order valence-corrected chi connectivity index (χ0v) is 10.1. The Morgan fingerprint density at radius 1 is 1.43 bits per heavy atom. The van der Waals surface area contributed by atoms with E-state index in [0.717, 1.165) is 6.04 Å². The van der Waals surface area contributed by atoms with Gasteiger partial charge in [-0.2, -0.15) is 0 Å². The summed E-state index contributed by atoms with van der Waals surface area (Å²) in [5.74, 6) is 0. The van der Waals surface area contributed by atoms with Gasteiger partial charge in [-0.05, 0) is 39.3 Å². The smallest absolute Gasteiger partial charge is 0.0192 e. The molecular formula is C12H26N2. The minimum absolute atomic E-state index is 0.701. The van der Waals surface area contributed by atoms with Crippen LogP contribution in [0.3, 0.4) is 0 Å². The molecule has 2 atom stereocenters. The highest BCUT2D eigenvalue weighted by molar-refractivity contribution is 4.81. The molecule has 0 radical (unpaired) electrons. The molecule has 1 N–H and O–H groups in total. The van der Waals surface area contributed by atoms with Crippen LogP contribution >= 0.6 is 0 Å². The number of hydrogen-bond acceptors (Lipinski definition) is 2. The summed E-state index contributed by atoms with van der Waals surface area (Å²) in [6, 6.07) is 1.56. The first-order valence-electron chi connectivity index (χ1n) is 6.23. The Morgan fingerprint density at radius 3 is 2.79 bits per heavy atom. The minimum atomic E-state index is 0.701. The van der Waals surface area contributed by atoms with Gasteiger partial charge < -0.3 is 5.32 Å². The fraction of sp³-hybridized carbons (Fsp3) is 1.00. The Balaban J connectivity index is 2.32. The van der Waals surface area contributed by atoms with Crippen LogP contribution in [0, 0.1) is 0 Å². The number of nitrogens with zero attached hydrogens (tertiary/aromatic N) is 1. The molecule has 0 aromatic rings. The van der Waals surface area contributed by atoms with Crippen LogP contribution in [0.25, 0.3) is 0 Å². The van der Waals surface area contributed by atoms with Crippen molar-refractivity contribution in [1.29, 1.82) is 0 Å². The molecule has 2 nitrogen and oxygen atoms in total. The molecular weight excluding hydrogens is 172 g/mol. The van der Waals surface area contributed by atoms with Crippen molar-refractivity contribution in [1.82, 2.24) is 10.2 Å². The van der Waals surface area contributed by atoms with Crippen molar-refractivity contribution in [3.05, 3.63) is 0 Å². The standard InChI is InChI=1S/C12H26N2/c1-4-7-11(13-3)10-14-9-6-8-12(14)5-2/h11-13H,4-10H2,1-3H3.